The van der Waals surface area contributed by atoms with Gasteiger partial charge < -0.3 is 19.6 Å². The largest absolute Gasteiger partial charge is 0.453 e. The van der Waals surface area contributed by atoms with Crippen LogP contribution in [0.25, 0.3) is 0 Å². The average Bonchev–Trinajstić information content (AvgIpc) is 2.27. The van der Waals surface area contributed by atoms with E-state index in [0.717, 1.165) is 5.92 Å². The predicted molar refractivity (Wildman–Crippen MR) is 78.2 cm³/mol. The molecule has 0 aliphatic rings. The number of ether oxygens (including phenoxy) is 1. The van der Waals surface area contributed by atoms with Crippen LogP contribution in [0, 0.1) is 11.8 Å². The van der Waals surface area contributed by atoms with Crippen molar-refractivity contribution >= 4 is 32.7 Å². The molecule has 0 aromatic rings. The van der Waals surface area contributed by atoms with Gasteiger partial charge in [0, 0.05) is 0 Å². The molecule has 0 saturated carbocycles. The number of carbonyl (C=O) groups is 3. The van der Waals surface area contributed by atoms with Crippen LogP contribution in [0.2, 0.25) is 0 Å². The minimum atomic E-state index is -0.573. The first kappa shape index (κ1) is 25.7. The quantitative estimate of drug-likeness (QED) is 0.805. The van der Waals surface area contributed by atoms with Crippen LogP contribution in [-0.2, 0) is 14.3 Å². The Bertz CT molecular complexity index is 196. The summed E-state index contributed by atoms with van der Waals surface area (Å²) >= 11 is 0. The number of aldehydes is 1. The minimum absolute atomic E-state index is 0. The lowest BCUT2D eigenvalue weighted by atomic mass is 10.1. The van der Waals surface area contributed by atoms with Gasteiger partial charge >= 0.3 is 6.09 Å². The molecule has 0 rings (SSSR count). The SMILES string of the molecule is C=O.CC(C)C.COC(=O)N[C@H](C=O)C(C)C.S. The van der Waals surface area contributed by atoms with Crippen LogP contribution in [0.15, 0.2) is 0 Å². The number of carbonyl (C=O) groups excluding carboxylic acids is 3. The Hall–Kier alpha value is -1.04. The molecule has 1 amide bonds. The first-order chi connectivity index (χ1) is 7.84. The molecule has 0 unspecified atom stereocenters. The van der Waals surface area contributed by atoms with E-state index in [1.54, 1.807) is 0 Å². The number of hydrogen-bond donors (Lipinski definition) is 1. The number of alkyl carbamates (subject to hydrolysis) is 1. The summed E-state index contributed by atoms with van der Waals surface area (Å²) in [6.07, 6.45) is 0.123. The van der Waals surface area contributed by atoms with Crippen molar-refractivity contribution in [1.82, 2.24) is 5.32 Å². The molecular weight excluding hydrogens is 254 g/mol. The van der Waals surface area contributed by atoms with Crippen LogP contribution >= 0.6 is 13.5 Å². The van der Waals surface area contributed by atoms with E-state index in [-0.39, 0.29) is 19.4 Å². The number of methoxy groups -OCH3 is 1. The van der Waals surface area contributed by atoms with E-state index in [1.165, 1.54) is 7.11 Å². The minimum Gasteiger partial charge on any atom is -0.453 e. The molecule has 18 heavy (non-hydrogen) atoms. The molecule has 0 radical (unpaired) electrons. The molecule has 0 aliphatic heterocycles. The van der Waals surface area contributed by atoms with E-state index < -0.39 is 12.1 Å². The van der Waals surface area contributed by atoms with E-state index in [2.05, 4.69) is 30.8 Å². The van der Waals surface area contributed by atoms with E-state index in [4.69, 9.17) is 4.79 Å². The van der Waals surface area contributed by atoms with Gasteiger partial charge in [0.1, 0.15) is 13.1 Å². The number of amides is 1. The third-order valence-corrected chi connectivity index (χ3v) is 1.33. The predicted octanol–water partition coefficient (Wildman–Crippen LogP) is 2.16. The molecule has 0 aromatic heterocycles. The van der Waals surface area contributed by atoms with E-state index in [0.29, 0.717) is 6.29 Å². The van der Waals surface area contributed by atoms with Crippen molar-refractivity contribution in [2.75, 3.05) is 7.11 Å². The Kier molecular flexibility index (Phi) is 26.2. The molecule has 0 fully saturated rings. The zero-order valence-electron chi connectivity index (χ0n) is 12.1. The van der Waals surface area contributed by atoms with Crippen LogP contribution < -0.4 is 5.32 Å². The molecule has 6 heteroatoms. The molecule has 1 N–H and O–H groups in total. The summed E-state index contributed by atoms with van der Waals surface area (Å²) in [5, 5.41) is 2.39. The molecule has 0 aromatic carbocycles. The van der Waals surface area contributed by atoms with Gasteiger partial charge in [-0.1, -0.05) is 34.6 Å². The van der Waals surface area contributed by atoms with Crippen molar-refractivity contribution in [1.29, 1.82) is 0 Å². The molecule has 110 valence electrons. The second-order valence-electron chi connectivity index (χ2n) is 4.27. The molecular formula is C12H27NO4S. The van der Waals surface area contributed by atoms with Gasteiger partial charge in [0.2, 0.25) is 0 Å². The fraction of sp³-hybridized carbons (Fsp3) is 0.750. The smallest absolute Gasteiger partial charge is 0.407 e. The summed E-state index contributed by atoms with van der Waals surface area (Å²) in [5.74, 6) is 0.923. The molecule has 1 atom stereocenters. The van der Waals surface area contributed by atoms with Gasteiger partial charge in [0.05, 0.1) is 13.2 Å². The molecule has 0 saturated heterocycles. The van der Waals surface area contributed by atoms with Crippen LogP contribution in [0.4, 0.5) is 4.79 Å². The molecule has 0 aliphatic carbocycles. The van der Waals surface area contributed by atoms with Crippen molar-refractivity contribution in [2.24, 2.45) is 11.8 Å². The van der Waals surface area contributed by atoms with Gasteiger partial charge in [-0.05, 0) is 11.8 Å². The van der Waals surface area contributed by atoms with Crippen LogP contribution in [0.5, 0.6) is 0 Å². The lowest BCUT2D eigenvalue weighted by Crippen LogP contribution is -2.39. The van der Waals surface area contributed by atoms with Gasteiger partial charge in [-0.3, -0.25) is 0 Å². The van der Waals surface area contributed by atoms with Gasteiger partial charge in [-0.15, -0.1) is 0 Å². The maximum absolute atomic E-state index is 10.6. The van der Waals surface area contributed by atoms with Crippen LogP contribution in [-0.4, -0.2) is 32.3 Å². The Morgan fingerprint density at radius 3 is 1.67 bits per heavy atom. The fourth-order valence-electron chi connectivity index (χ4n) is 0.553. The molecule has 0 heterocycles. The Morgan fingerprint density at radius 1 is 1.17 bits per heavy atom. The lowest BCUT2D eigenvalue weighted by Gasteiger charge is -2.14. The number of hydrogen-bond acceptors (Lipinski definition) is 4. The summed E-state index contributed by atoms with van der Waals surface area (Å²) in [7, 11) is 1.26. The summed E-state index contributed by atoms with van der Waals surface area (Å²) in [6.45, 7) is 12.2. The zero-order valence-corrected chi connectivity index (χ0v) is 13.1. The molecule has 5 nitrogen and oxygen atoms in total. The monoisotopic (exact) mass is 281 g/mol. The lowest BCUT2D eigenvalue weighted by molar-refractivity contribution is -0.110. The van der Waals surface area contributed by atoms with Gasteiger partial charge in [-0.2, -0.15) is 13.5 Å². The highest BCUT2D eigenvalue weighted by atomic mass is 32.1. The third-order valence-electron chi connectivity index (χ3n) is 1.33. The highest BCUT2D eigenvalue weighted by Gasteiger charge is 2.14. The standard InChI is InChI=1S/C7H13NO3.C4H10.CH2O.H2S/c1-5(2)6(4-9)8-7(10)11-3;1-4(2)3;1-2;/h4-6H,1-3H3,(H,8,10);4H,1-3H3;1H2;1H2/t6-;;;/m1.../s1. The number of nitrogens with one attached hydrogen (secondary N) is 1. The molecule has 0 bridgehead atoms. The average molecular weight is 281 g/mol. The topological polar surface area (TPSA) is 72.5 Å². The number of rotatable bonds is 3. The van der Waals surface area contributed by atoms with E-state index in [1.807, 2.05) is 20.6 Å². The van der Waals surface area contributed by atoms with Crippen molar-refractivity contribution in [3.05, 3.63) is 0 Å². The van der Waals surface area contributed by atoms with Gasteiger partial charge in [-0.25, -0.2) is 4.79 Å². The first-order valence-electron chi connectivity index (χ1n) is 5.43. The zero-order chi connectivity index (χ0) is 14.4. The van der Waals surface area contributed by atoms with Crippen LogP contribution in [0.1, 0.15) is 34.6 Å². The van der Waals surface area contributed by atoms with Crippen molar-refractivity contribution < 1.29 is 19.1 Å². The highest BCUT2D eigenvalue weighted by molar-refractivity contribution is 7.59. The van der Waals surface area contributed by atoms with Gasteiger partial charge in [0.15, 0.2) is 0 Å². The summed E-state index contributed by atoms with van der Waals surface area (Å²) in [6, 6.07) is -0.456. The fourth-order valence-corrected chi connectivity index (χ4v) is 0.553. The maximum atomic E-state index is 10.6. The Balaban J connectivity index is -0.000000119. The van der Waals surface area contributed by atoms with E-state index in [9.17, 15) is 9.59 Å². The maximum Gasteiger partial charge on any atom is 0.407 e. The van der Waals surface area contributed by atoms with Gasteiger partial charge in [0.25, 0.3) is 0 Å². The van der Waals surface area contributed by atoms with Crippen molar-refractivity contribution in [2.45, 2.75) is 40.7 Å². The summed E-state index contributed by atoms with van der Waals surface area (Å²) in [5.41, 5.74) is 0. The Morgan fingerprint density at radius 2 is 1.50 bits per heavy atom. The highest BCUT2D eigenvalue weighted by Crippen LogP contribution is 1.97. The normalized spacial score (nSPS) is 9.78. The van der Waals surface area contributed by atoms with Crippen LogP contribution in [0.3, 0.4) is 0 Å². The second kappa shape index (κ2) is 18.3. The van der Waals surface area contributed by atoms with E-state index >= 15 is 0 Å². The second-order valence-corrected chi connectivity index (χ2v) is 4.27. The van der Waals surface area contributed by atoms with Crippen molar-refractivity contribution in [3.8, 4) is 0 Å². The summed E-state index contributed by atoms with van der Waals surface area (Å²) < 4.78 is 4.32. The third kappa shape index (κ3) is 24.3. The first-order valence-corrected chi connectivity index (χ1v) is 5.43. The van der Waals surface area contributed by atoms with Crippen molar-refractivity contribution in [3.63, 3.8) is 0 Å². The Labute approximate surface area is 117 Å². The summed E-state index contributed by atoms with van der Waals surface area (Å²) in [4.78, 5) is 28.9. The molecule has 0 spiro atoms.